The zero-order valence-corrected chi connectivity index (χ0v) is 10.4. The zero-order chi connectivity index (χ0) is 11.0. The van der Waals surface area contributed by atoms with Crippen molar-refractivity contribution < 1.29 is 0 Å². The van der Waals surface area contributed by atoms with Crippen molar-refractivity contribution in [3.63, 3.8) is 0 Å². The Morgan fingerprint density at radius 3 is 2.41 bits per heavy atom. The van der Waals surface area contributed by atoms with Crippen LogP contribution in [0.15, 0.2) is 48.5 Å². The van der Waals surface area contributed by atoms with Crippen LogP contribution in [0.1, 0.15) is 0 Å². The Bertz CT molecular complexity index is 613. The molecule has 0 atom stereocenters. The van der Waals surface area contributed by atoms with E-state index in [0.717, 1.165) is 22.4 Å². The van der Waals surface area contributed by atoms with E-state index in [1.54, 1.807) is 0 Å². The predicted octanol–water partition coefficient (Wildman–Crippen LogP) is 4.31. The second-order valence-electron chi connectivity index (χ2n) is 3.58. The lowest BCUT2D eigenvalue weighted by molar-refractivity contribution is 1.34. The van der Waals surface area contributed by atoms with Crippen LogP contribution < -0.4 is 0 Å². The van der Waals surface area contributed by atoms with Crippen LogP contribution in [0.25, 0.3) is 22.4 Å². The monoisotopic (exact) mass is 264 g/mol. The molecule has 0 saturated heterocycles. The number of nitrogens with zero attached hydrogens (tertiary/aromatic N) is 1. The third-order valence-electron chi connectivity index (χ3n) is 2.52. The summed E-state index contributed by atoms with van der Waals surface area (Å²) >= 11 is 6.13. The first-order valence-corrected chi connectivity index (χ1v) is 5.42. The Morgan fingerprint density at radius 2 is 1.65 bits per heavy atom. The highest BCUT2D eigenvalue weighted by Gasteiger charge is 2.07. The third kappa shape index (κ3) is 2.14. The van der Waals surface area contributed by atoms with Gasteiger partial charge in [0.1, 0.15) is 5.82 Å². The van der Waals surface area contributed by atoms with E-state index in [2.05, 4.69) is 9.97 Å². The molecule has 0 unspecified atom stereocenters. The molecular formula is C13H10Cl2N2. The number of hydrogen-bond acceptors (Lipinski definition) is 1. The molecule has 0 aliphatic heterocycles. The van der Waals surface area contributed by atoms with Crippen LogP contribution in [0.5, 0.6) is 0 Å². The van der Waals surface area contributed by atoms with Gasteiger partial charge < -0.3 is 4.98 Å². The minimum absolute atomic E-state index is 0. The zero-order valence-electron chi connectivity index (χ0n) is 8.85. The van der Waals surface area contributed by atoms with Crippen molar-refractivity contribution in [1.29, 1.82) is 0 Å². The molecule has 17 heavy (non-hydrogen) atoms. The van der Waals surface area contributed by atoms with Gasteiger partial charge in [-0.25, -0.2) is 4.98 Å². The first-order valence-electron chi connectivity index (χ1n) is 5.04. The van der Waals surface area contributed by atoms with Crippen molar-refractivity contribution >= 4 is 35.0 Å². The Kier molecular flexibility index (Phi) is 3.36. The van der Waals surface area contributed by atoms with Crippen LogP contribution >= 0.6 is 24.0 Å². The van der Waals surface area contributed by atoms with Gasteiger partial charge in [0, 0.05) is 5.56 Å². The molecule has 0 radical (unpaired) electrons. The number of imidazole rings is 1. The fourth-order valence-electron chi connectivity index (χ4n) is 1.73. The van der Waals surface area contributed by atoms with Gasteiger partial charge in [0.15, 0.2) is 0 Å². The molecule has 0 bridgehead atoms. The summed E-state index contributed by atoms with van der Waals surface area (Å²) in [6.07, 6.45) is 0. The van der Waals surface area contributed by atoms with Gasteiger partial charge in [0.25, 0.3) is 0 Å². The second-order valence-corrected chi connectivity index (χ2v) is 3.99. The van der Waals surface area contributed by atoms with E-state index >= 15 is 0 Å². The lowest BCUT2D eigenvalue weighted by Crippen LogP contribution is -1.80. The van der Waals surface area contributed by atoms with Gasteiger partial charge in [-0.3, -0.25) is 0 Å². The molecular weight excluding hydrogens is 255 g/mol. The van der Waals surface area contributed by atoms with Crippen molar-refractivity contribution in [1.82, 2.24) is 9.97 Å². The number of nitrogens with one attached hydrogen (secondary N) is 1. The second kappa shape index (κ2) is 4.78. The smallest absolute Gasteiger partial charge is 0.139 e. The molecule has 3 aromatic rings. The summed E-state index contributed by atoms with van der Waals surface area (Å²) in [5.74, 6) is 0.812. The molecule has 0 saturated carbocycles. The lowest BCUT2D eigenvalue weighted by atomic mass is 10.2. The number of para-hydroxylation sites is 2. The largest absolute Gasteiger partial charge is 0.338 e. The number of H-pyrrole nitrogens is 1. The van der Waals surface area contributed by atoms with Crippen molar-refractivity contribution in [2.45, 2.75) is 0 Å². The van der Waals surface area contributed by atoms with E-state index in [4.69, 9.17) is 11.6 Å². The number of fused-ring (bicyclic) bond motifs is 1. The maximum Gasteiger partial charge on any atom is 0.139 e. The molecule has 1 N–H and O–H groups in total. The Balaban J connectivity index is 0.00000108. The molecule has 0 fully saturated rings. The number of aromatic nitrogens is 2. The molecule has 0 spiro atoms. The quantitative estimate of drug-likeness (QED) is 0.698. The first kappa shape index (κ1) is 12.0. The highest BCUT2D eigenvalue weighted by molar-refractivity contribution is 6.33. The topological polar surface area (TPSA) is 28.7 Å². The van der Waals surface area contributed by atoms with Gasteiger partial charge >= 0.3 is 0 Å². The van der Waals surface area contributed by atoms with Gasteiger partial charge in [-0.05, 0) is 24.3 Å². The van der Waals surface area contributed by atoms with Crippen LogP contribution in [0.4, 0.5) is 0 Å². The summed E-state index contributed by atoms with van der Waals surface area (Å²) in [7, 11) is 0. The van der Waals surface area contributed by atoms with Crippen molar-refractivity contribution in [2.75, 3.05) is 0 Å². The van der Waals surface area contributed by atoms with Gasteiger partial charge in [-0.15, -0.1) is 12.4 Å². The summed E-state index contributed by atoms with van der Waals surface area (Å²) in [4.78, 5) is 7.76. The first-order chi connectivity index (χ1) is 7.84. The maximum absolute atomic E-state index is 6.13. The van der Waals surface area contributed by atoms with E-state index in [1.807, 2.05) is 48.5 Å². The summed E-state index contributed by atoms with van der Waals surface area (Å²) in [5.41, 5.74) is 2.91. The van der Waals surface area contributed by atoms with Gasteiger partial charge in [0.05, 0.1) is 16.1 Å². The average Bonchev–Trinajstić information content (AvgIpc) is 2.73. The molecule has 1 heterocycles. The average molecular weight is 265 g/mol. The Hall–Kier alpha value is -1.51. The molecule has 0 amide bonds. The number of hydrogen-bond donors (Lipinski definition) is 1. The van der Waals surface area contributed by atoms with Crippen molar-refractivity contribution in [3.05, 3.63) is 53.6 Å². The number of halogens is 2. The molecule has 1 aromatic heterocycles. The molecule has 0 aliphatic rings. The molecule has 3 rings (SSSR count). The third-order valence-corrected chi connectivity index (χ3v) is 2.85. The number of aromatic amines is 1. The lowest BCUT2D eigenvalue weighted by Gasteiger charge is -1.98. The number of rotatable bonds is 1. The summed E-state index contributed by atoms with van der Waals surface area (Å²) in [5, 5.41) is 0.710. The maximum atomic E-state index is 6.13. The van der Waals surface area contributed by atoms with E-state index in [1.165, 1.54) is 0 Å². The van der Waals surface area contributed by atoms with E-state index in [0.29, 0.717) is 5.02 Å². The van der Waals surface area contributed by atoms with Gasteiger partial charge in [0.2, 0.25) is 0 Å². The standard InChI is InChI=1S/C13H9ClN2.ClH/c14-10-6-2-1-5-9(10)13-15-11-7-3-4-8-12(11)16-13;/h1-8H,(H,15,16);1H. The Labute approximate surface area is 110 Å². The van der Waals surface area contributed by atoms with Crippen LogP contribution in [0.3, 0.4) is 0 Å². The highest BCUT2D eigenvalue weighted by atomic mass is 35.5. The van der Waals surface area contributed by atoms with Crippen LogP contribution in [0, 0.1) is 0 Å². The van der Waals surface area contributed by atoms with Crippen molar-refractivity contribution in [2.24, 2.45) is 0 Å². The van der Waals surface area contributed by atoms with Crippen LogP contribution in [-0.2, 0) is 0 Å². The van der Waals surface area contributed by atoms with E-state index in [9.17, 15) is 0 Å². The molecule has 4 heteroatoms. The summed E-state index contributed by atoms with van der Waals surface area (Å²) in [6, 6.07) is 15.6. The fourth-order valence-corrected chi connectivity index (χ4v) is 1.96. The Morgan fingerprint density at radius 1 is 0.941 bits per heavy atom. The van der Waals surface area contributed by atoms with E-state index in [-0.39, 0.29) is 12.4 Å². The van der Waals surface area contributed by atoms with Gasteiger partial charge in [-0.2, -0.15) is 0 Å². The number of benzene rings is 2. The van der Waals surface area contributed by atoms with E-state index < -0.39 is 0 Å². The SMILES string of the molecule is Cl.Clc1ccccc1-c1nc2ccccc2[nH]1. The summed E-state index contributed by atoms with van der Waals surface area (Å²) < 4.78 is 0. The molecule has 2 nitrogen and oxygen atoms in total. The van der Waals surface area contributed by atoms with Crippen LogP contribution in [0.2, 0.25) is 5.02 Å². The molecule has 0 aliphatic carbocycles. The molecule has 86 valence electrons. The normalized spacial score (nSPS) is 10.2. The predicted molar refractivity (Wildman–Crippen MR) is 73.8 cm³/mol. The highest BCUT2D eigenvalue weighted by Crippen LogP contribution is 2.26. The fraction of sp³-hybridized carbons (Fsp3) is 0. The minimum atomic E-state index is 0. The van der Waals surface area contributed by atoms with Crippen LogP contribution in [-0.4, -0.2) is 9.97 Å². The minimum Gasteiger partial charge on any atom is -0.338 e. The van der Waals surface area contributed by atoms with Crippen molar-refractivity contribution in [3.8, 4) is 11.4 Å². The van der Waals surface area contributed by atoms with Gasteiger partial charge in [-0.1, -0.05) is 35.9 Å². The summed E-state index contributed by atoms with van der Waals surface area (Å²) in [6.45, 7) is 0. The molecule has 2 aromatic carbocycles.